The fourth-order valence-electron chi connectivity index (χ4n) is 4.38. The number of H-pyrrole nitrogens is 1. The first kappa shape index (κ1) is 18.9. The third-order valence-electron chi connectivity index (χ3n) is 5.79. The minimum absolute atomic E-state index is 0.101. The number of aromatic nitrogens is 1. The number of ketones is 1. The zero-order chi connectivity index (χ0) is 21.0. The van der Waals surface area contributed by atoms with Gasteiger partial charge in [0, 0.05) is 39.9 Å². The molecule has 1 saturated heterocycles. The fourth-order valence-corrected chi connectivity index (χ4v) is 5.78. The molecule has 5 rings (SSSR count). The Kier molecular flexibility index (Phi) is 4.25. The summed E-state index contributed by atoms with van der Waals surface area (Å²) >= 11 is 1.34. The second-order valence-corrected chi connectivity index (χ2v) is 8.99. The SMILES string of the molecule is Cc1[nH]c2ccccc2c1C(=O)[C@@H](C)OC(=O)[C@@]12CCC(=O)N1c1ccccc1S2. The van der Waals surface area contributed by atoms with Crippen molar-refractivity contribution in [2.45, 2.75) is 42.6 Å². The van der Waals surface area contributed by atoms with E-state index in [0.29, 0.717) is 12.0 Å². The second kappa shape index (κ2) is 6.74. The summed E-state index contributed by atoms with van der Waals surface area (Å²) in [5, 5.41) is 0.807. The van der Waals surface area contributed by atoms with Crippen molar-refractivity contribution in [1.29, 1.82) is 0 Å². The number of aryl methyl sites for hydroxylation is 1. The van der Waals surface area contributed by atoms with Gasteiger partial charge in [0.15, 0.2) is 11.0 Å². The summed E-state index contributed by atoms with van der Waals surface area (Å²) in [6.45, 7) is 3.42. The summed E-state index contributed by atoms with van der Waals surface area (Å²) in [7, 11) is 0. The van der Waals surface area contributed by atoms with Crippen molar-refractivity contribution < 1.29 is 19.1 Å². The molecule has 2 atom stereocenters. The normalized spacial score (nSPS) is 20.9. The van der Waals surface area contributed by atoms with E-state index in [4.69, 9.17) is 4.74 Å². The van der Waals surface area contributed by atoms with Gasteiger partial charge in [-0.2, -0.15) is 0 Å². The van der Waals surface area contributed by atoms with Crippen LogP contribution < -0.4 is 4.90 Å². The smallest absolute Gasteiger partial charge is 0.344 e. The predicted octanol–water partition coefficient (Wildman–Crippen LogP) is 4.22. The molecule has 152 valence electrons. The summed E-state index contributed by atoms with van der Waals surface area (Å²) in [6, 6.07) is 15.0. The van der Waals surface area contributed by atoms with Crippen LogP contribution in [0, 0.1) is 6.92 Å². The Balaban J connectivity index is 1.43. The highest BCUT2D eigenvalue weighted by molar-refractivity contribution is 8.02. The van der Waals surface area contributed by atoms with Gasteiger partial charge in [0.05, 0.1) is 5.69 Å². The van der Waals surface area contributed by atoms with E-state index in [0.717, 1.165) is 27.2 Å². The Labute approximate surface area is 177 Å². The molecule has 0 aliphatic carbocycles. The molecule has 3 aromatic rings. The first-order chi connectivity index (χ1) is 14.4. The monoisotopic (exact) mass is 420 g/mol. The number of nitrogens with one attached hydrogen (secondary N) is 1. The number of amides is 1. The number of aromatic amines is 1. The van der Waals surface area contributed by atoms with Crippen LogP contribution in [0.25, 0.3) is 10.9 Å². The van der Waals surface area contributed by atoms with Crippen LogP contribution in [0.15, 0.2) is 53.4 Å². The molecular formula is C23H20N2O4S. The van der Waals surface area contributed by atoms with Crippen LogP contribution in [-0.2, 0) is 14.3 Å². The molecule has 1 aromatic heterocycles. The highest BCUT2D eigenvalue weighted by atomic mass is 32.2. The van der Waals surface area contributed by atoms with Gasteiger partial charge in [-0.25, -0.2) is 4.79 Å². The minimum atomic E-state index is -1.13. The van der Waals surface area contributed by atoms with Crippen molar-refractivity contribution in [2.75, 3.05) is 4.90 Å². The summed E-state index contributed by atoms with van der Waals surface area (Å²) in [5.41, 5.74) is 2.87. The molecule has 0 bridgehead atoms. The van der Waals surface area contributed by atoms with Crippen molar-refractivity contribution in [1.82, 2.24) is 4.98 Å². The fraction of sp³-hybridized carbons (Fsp3) is 0.261. The van der Waals surface area contributed by atoms with Gasteiger partial charge in [0.2, 0.25) is 11.7 Å². The van der Waals surface area contributed by atoms with E-state index in [1.54, 1.807) is 11.8 Å². The number of fused-ring (bicyclic) bond motifs is 4. The number of thioether (sulfide) groups is 1. The highest BCUT2D eigenvalue weighted by Gasteiger charge is 2.59. The lowest BCUT2D eigenvalue weighted by Gasteiger charge is -2.29. The lowest BCUT2D eigenvalue weighted by atomic mass is 10.0. The number of nitrogens with zero attached hydrogens (tertiary/aromatic N) is 1. The summed E-state index contributed by atoms with van der Waals surface area (Å²) in [4.78, 5) is 43.5. The molecule has 0 radical (unpaired) electrons. The Morgan fingerprint density at radius 3 is 2.73 bits per heavy atom. The molecule has 30 heavy (non-hydrogen) atoms. The minimum Gasteiger partial charge on any atom is -0.452 e. The van der Waals surface area contributed by atoms with E-state index >= 15 is 0 Å². The number of hydrogen-bond acceptors (Lipinski definition) is 5. The number of benzene rings is 2. The Morgan fingerprint density at radius 2 is 1.90 bits per heavy atom. The zero-order valence-corrected chi connectivity index (χ0v) is 17.4. The van der Waals surface area contributed by atoms with Crippen LogP contribution >= 0.6 is 11.8 Å². The molecule has 1 amide bonds. The van der Waals surface area contributed by atoms with Crippen molar-refractivity contribution in [3.8, 4) is 0 Å². The average Bonchev–Trinajstić information content (AvgIpc) is 3.36. The van der Waals surface area contributed by atoms with Gasteiger partial charge in [0.25, 0.3) is 0 Å². The Morgan fingerprint density at radius 1 is 1.17 bits per heavy atom. The van der Waals surface area contributed by atoms with Crippen molar-refractivity contribution in [2.24, 2.45) is 0 Å². The molecule has 3 heterocycles. The van der Waals surface area contributed by atoms with Crippen LogP contribution in [0.2, 0.25) is 0 Å². The first-order valence-electron chi connectivity index (χ1n) is 9.86. The third-order valence-corrected chi connectivity index (χ3v) is 7.24. The topological polar surface area (TPSA) is 79.5 Å². The summed E-state index contributed by atoms with van der Waals surface area (Å²) in [5.74, 6) is -0.908. The maximum absolute atomic E-state index is 13.3. The maximum atomic E-state index is 13.3. The number of rotatable bonds is 4. The number of hydrogen-bond donors (Lipinski definition) is 1. The van der Waals surface area contributed by atoms with Gasteiger partial charge in [-0.3, -0.25) is 14.5 Å². The van der Waals surface area contributed by atoms with Crippen LogP contribution in [0.5, 0.6) is 0 Å². The number of Topliss-reactive ketones (excluding diaryl/α,β-unsaturated/α-hetero) is 1. The number of carbonyl (C=O) groups excluding carboxylic acids is 3. The van der Waals surface area contributed by atoms with E-state index in [2.05, 4.69) is 4.98 Å². The number of esters is 1. The van der Waals surface area contributed by atoms with Gasteiger partial charge in [-0.05, 0) is 32.0 Å². The van der Waals surface area contributed by atoms with Crippen LogP contribution in [0.1, 0.15) is 35.8 Å². The molecule has 2 aromatic carbocycles. The quantitative estimate of drug-likeness (QED) is 0.505. The molecule has 2 aliphatic heterocycles. The third kappa shape index (κ3) is 2.61. The molecule has 7 heteroatoms. The van der Waals surface area contributed by atoms with E-state index in [1.165, 1.54) is 11.8 Å². The number of carbonyl (C=O) groups is 3. The average molecular weight is 420 g/mol. The van der Waals surface area contributed by atoms with Gasteiger partial charge >= 0.3 is 5.97 Å². The molecular weight excluding hydrogens is 400 g/mol. The first-order valence-corrected chi connectivity index (χ1v) is 10.7. The van der Waals surface area contributed by atoms with Crippen LogP contribution in [0.4, 0.5) is 5.69 Å². The van der Waals surface area contributed by atoms with Gasteiger partial charge in [0.1, 0.15) is 0 Å². The van der Waals surface area contributed by atoms with Crippen molar-refractivity contribution >= 4 is 46.0 Å². The van der Waals surface area contributed by atoms with E-state index in [9.17, 15) is 14.4 Å². The van der Waals surface area contributed by atoms with E-state index in [1.807, 2.05) is 55.5 Å². The van der Waals surface area contributed by atoms with Gasteiger partial charge < -0.3 is 9.72 Å². The van der Waals surface area contributed by atoms with Crippen LogP contribution in [-0.4, -0.2) is 33.6 Å². The molecule has 2 aliphatic rings. The molecule has 6 nitrogen and oxygen atoms in total. The largest absolute Gasteiger partial charge is 0.452 e. The number of para-hydroxylation sites is 2. The van der Waals surface area contributed by atoms with Gasteiger partial charge in [-0.15, -0.1) is 0 Å². The lowest BCUT2D eigenvalue weighted by molar-refractivity contribution is -0.149. The number of anilines is 1. The molecule has 0 spiro atoms. The van der Waals surface area contributed by atoms with Crippen molar-refractivity contribution in [3.63, 3.8) is 0 Å². The highest BCUT2D eigenvalue weighted by Crippen LogP contribution is 2.56. The number of ether oxygens (including phenoxy) is 1. The maximum Gasteiger partial charge on any atom is 0.344 e. The van der Waals surface area contributed by atoms with Gasteiger partial charge in [-0.1, -0.05) is 42.1 Å². The lowest BCUT2D eigenvalue weighted by Crippen LogP contribution is -2.49. The Bertz CT molecular complexity index is 1220. The predicted molar refractivity (Wildman–Crippen MR) is 115 cm³/mol. The zero-order valence-electron chi connectivity index (χ0n) is 16.6. The Hall–Kier alpha value is -3.06. The second-order valence-electron chi connectivity index (χ2n) is 7.67. The van der Waals surface area contributed by atoms with E-state index in [-0.39, 0.29) is 18.1 Å². The molecule has 0 saturated carbocycles. The molecule has 1 fully saturated rings. The van der Waals surface area contributed by atoms with Crippen molar-refractivity contribution in [3.05, 3.63) is 59.8 Å². The van der Waals surface area contributed by atoms with Crippen LogP contribution in [0.3, 0.4) is 0 Å². The summed E-state index contributed by atoms with van der Waals surface area (Å²) in [6.07, 6.45) is -0.330. The van der Waals surface area contributed by atoms with E-state index < -0.39 is 16.9 Å². The molecule has 0 unspecified atom stereocenters. The standard InChI is InChI=1S/C23H20N2O4S/c1-13-20(15-7-3-4-8-16(15)24-13)21(27)14(2)29-22(28)23-12-11-19(26)25(23)17-9-5-6-10-18(17)30-23/h3-10,14,24H,11-12H2,1-2H3/t14-,23+/m1/s1. The summed E-state index contributed by atoms with van der Waals surface area (Å²) < 4.78 is 5.69. The molecule has 1 N–H and O–H groups in total.